The first-order valence-electron chi connectivity index (χ1n) is 10.3. The van der Waals surface area contributed by atoms with Crippen molar-refractivity contribution in [2.45, 2.75) is 12.8 Å². The van der Waals surface area contributed by atoms with Crippen LogP contribution in [0.25, 0.3) is 0 Å². The molecule has 0 aromatic heterocycles. The monoisotopic (exact) mass is 413 g/mol. The van der Waals surface area contributed by atoms with Crippen LogP contribution in [-0.2, 0) is 4.74 Å². The van der Waals surface area contributed by atoms with E-state index >= 15 is 0 Å². The summed E-state index contributed by atoms with van der Waals surface area (Å²) in [6.45, 7) is 4.60. The molecule has 4 rings (SSSR count). The third-order valence-corrected chi connectivity index (χ3v) is 5.49. The highest BCUT2D eigenvalue weighted by atomic mass is 16.7. The second-order valence-corrected chi connectivity index (χ2v) is 7.48. The maximum Gasteiger partial charge on any atom is 0.337 e. The summed E-state index contributed by atoms with van der Waals surface area (Å²) in [5.74, 6) is 3.30. The van der Waals surface area contributed by atoms with Crippen molar-refractivity contribution in [1.82, 2.24) is 4.90 Å². The molecule has 1 saturated heterocycles. The highest BCUT2D eigenvalue weighted by Gasteiger charge is 2.20. The van der Waals surface area contributed by atoms with Crippen molar-refractivity contribution in [3.05, 3.63) is 48.0 Å². The van der Waals surface area contributed by atoms with Gasteiger partial charge in [-0.25, -0.2) is 4.79 Å². The van der Waals surface area contributed by atoms with E-state index < -0.39 is 0 Å². The Balaban J connectivity index is 1.13. The number of rotatable bonds is 8. The molecule has 0 atom stereocenters. The largest absolute Gasteiger partial charge is 0.493 e. The minimum atomic E-state index is -0.337. The molecule has 2 heterocycles. The van der Waals surface area contributed by atoms with E-state index in [1.165, 1.54) is 7.11 Å². The summed E-state index contributed by atoms with van der Waals surface area (Å²) in [6.07, 6.45) is 2.20. The van der Waals surface area contributed by atoms with Gasteiger partial charge in [-0.15, -0.1) is 0 Å². The fourth-order valence-corrected chi connectivity index (χ4v) is 3.66. The van der Waals surface area contributed by atoms with Gasteiger partial charge >= 0.3 is 5.97 Å². The van der Waals surface area contributed by atoms with Gasteiger partial charge in [0.1, 0.15) is 18.1 Å². The Hall–Kier alpha value is -2.93. The summed E-state index contributed by atoms with van der Waals surface area (Å²) < 4.78 is 27.2. The van der Waals surface area contributed by atoms with Crippen LogP contribution in [0.4, 0.5) is 0 Å². The van der Waals surface area contributed by atoms with Crippen LogP contribution < -0.4 is 18.9 Å². The summed E-state index contributed by atoms with van der Waals surface area (Å²) in [7, 11) is 1.38. The lowest BCUT2D eigenvalue weighted by molar-refractivity contribution is 0.0600. The standard InChI is InChI=1S/C23H27NO6/c1-26-23(25)18-2-4-19(5-3-18)28-15-17-8-10-24(11-9-17)12-13-27-20-6-7-21-22(14-20)30-16-29-21/h2-7,14,17H,8-13,15-16H2,1H3. The third kappa shape index (κ3) is 5.16. The number of likely N-dealkylation sites (tertiary alicyclic amines) is 1. The molecular weight excluding hydrogens is 386 g/mol. The van der Waals surface area contributed by atoms with Gasteiger partial charge in [0, 0.05) is 12.6 Å². The van der Waals surface area contributed by atoms with E-state index in [1.807, 2.05) is 30.3 Å². The van der Waals surface area contributed by atoms with Crippen LogP contribution in [0, 0.1) is 5.92 Å². The molecule has 0 aliphatic carbocycles. The summed E-state index contributed by atoms with van der Waals surface area (Å²) in [5.41, 5.74) is 0.529. The Morgan fingerprint density at radius 3 is 2.50 bits per heavy atom. The normalized spacial score (nSPS) is 16.3. The SMILES string of the molecule is COC(=O)c1ccc(OCC2CCN(CCOc3ccc4c(c3)OCO4)CC2)cc1. The predicted octanol–water partition coefficient (Wildman–Crippen LogP) is 3.37. The van der Waals surface area contributed by atoms with E-state index in [1.54, 1.807) is 12.1 Å². The fraction of sp³-hybridized carbons (Fsp3) is 0.435. The third-order valence-electron chi connectivity index (χ3n) is 5.49. The first-order valence-corrected chi connectivity index (χ1v) is 10.3. The van der Waals surface area contributed by atoms with Crippen molar-refractivity contribution in [2.24, 2.45) is 5.92 Å². The minimum Gasteiger partial charge on any atom is -0.493 e. The molecule has 2 aliphatic heterocycles. The lowest BCUT2D eigenvalue weighted by Gasteiger charge is -2.31. The second kappa shape index (κ2) is 9.71. The summed E-state index contributed by atoms with van der Waals surface area (Å²) in [6, 6.07) is 12.8. The van der Waals surface area contributed by atoms with Gasteiger partial charge in [0.15, 0.2) is 11.5 Å². The van der Waals surface area contributed by atoms with Gasteiger partial charge in [-0.2, -0.15) is 0 Å². The topological polar surface area (TPSA) is 66.5 Å². The molecule has 0 saturated carbocycles. The van der Waals surface area contributed by atoms with Gasteiger partial charge in [-0.1, -0.05) is 0 Å². The number of esters is 1. The Morgan fingerprint density at radius 1 is 1.00 bits per heavy atom. The van der Waals surface area contributed by atoms with Crippen molar-refractivity contribution in [3.63, 3.8) is 0 Å². The summed E-state index contributed by atoms with van der Waals surface area (Å²) >= 11 is 0. The zero-order valence-electron chi connectivity index (χ0n) is 17.2. The molecule has 7 nitrogen and oxygen atoms in total. The van der Waals surface area contributed by atoms with Crippen molar-refractivity contribution in [2.75, 3.05) is 46.8 Å². The summed E-state index contributed by atoms with van der Waals surface area (Å²) in [4.78, 5) is 13.9. The van der Waals surface area contributed by atoms with E-state index in [-0.39, 0.29) is 12.8 Å². The average Bonchev–Trinajstić information content (AvgIpc) is 3.26. The van der Waals surface area contributed by atoms with Crippen LogP contribution in [0.1, 0.15) is 23.2 Å². The maximum atomic E-state index is 11.5. The van der Waals surface area contributed by atoms with E-state index in [2.05, 4.69) is 4.90 Å². The lowest BCUT2D eigenvalue weighted by atomic mass is 9.98. The van der Waals surface area contributed by atoms with Gasteiger partial charge in [0.05, 0.1) is 19.3 Å². The number of carbonyl (C=O) groups excluding carboxylic acids is 1. The number of ether oxygens (including phenoxy) is 5. The highest BCUT2D eigenvalue weighted by molar-refractivity contribution is 5.89. The van der Waals surface area contributed by atoms with Gasteiger partial charge in [-0.3, -0.25) is 4.90 Å². The van der Waals surface area contributed by atoms with Crippen LogP contribution in [-0.4, -0.2) is 57.6 Å². The van der Waals surface area contributed by atoms with Crippen LogP contribution >= 0.6 is 0 Å². The van der Waals surface area contributed by atoms with Crippen molar-refractivity contribution >= 4 is 5.97 Å². The lowest BCUT2D eigenvalue weighted by Crippen LogP contribution is -2.37. The number of hydrogen-bond acceptors (Lipinski definition) is 7. The number of nitrogens with zero attached hydrogens (tertiary/aromatic N) is 1. The average molecular weight is 413 g/mol. The molecule has 160 valence electrons. The maximum absolute atomic E-state index is 11.5. The second-order valence-electron chi connectivity index (χ2n) is 7.48. The van der Waals surface area contributed by atoms with Crippen LogP contribution in [0.2, 0.25) is 0 Å². The van der Waals surface area contributed by atoms with Gasteiger partial charge in [-0.05, 0) is 68.2 Å². The van der Waals surface area contributed by atoms with Gasteiger partial charge < -0.3 is 23.7 Å². The Bertz CT molecular complexity index is 845. The molecule has 0 unspecified atom stereocenters. The highest BCUT2D eigenvalue weighted by Crippen LogP contribution is 2.35. The number of fused-ring (bicyclic) bond motifs is 1. The molecule has 0 radical (unpaired) electrons. The molecule has 0 amide bonds. The molecule has 30 heavy (non-hydrogen) atoms. The van der Waals surface area contributed by atoms with E-state index in [9.17, 15) is 4.79 Å². The number of carbonyl (C=O) groups is 1. The molecule has 2 aromatic carbocycles. The van der Waals surface area contributed by atoms with Gasteiger partial charge in [0.25, 0.3) is 0 Å². The molecule has 7 heteroatoms. The zero-order chi connectivity index (χ0) is 20.8. The number of piperidine rings is 1. The van der Waals surface area contributed by atoms with Crippen molar-refractivity contribution in [3.8, 4) is 23.0 Å². The number of hydrogen-bond donors (Lipinski definition) is 0. The Kier molecular flexibility index (Phi) is 6.59. The van der Waals surface area contributed by atoms with E-state index in [4.69, 9.17) is 23.7 Å². The molecular formula is C23H27NO6. The minimum absolute atomic E-state index is 0.274. The van der Waals surface area contributed by atoms with Crippen LogP contribution in [0.3, 0.4) is 0 Å². The molecule has 2 aliphatic rings. The number of methoxy groups -OCH3 is 1. The van der Waals surface area contributed by atoms with E-state index in [0.29, 0.717) is 24.7 Å². The number of benzene rings is 2. The molecule has 0 spiro atoms. The van der Waals surface area contributed by atoms with E-state index in [0.717, 1.165) is 55.5 Å². The van der Waals surface area contributed by atoms with Crippen LogP contribution in [0.15, 0.2) is 42.5 Å². The van der Waals surface area contributed by atoms with Crippen molar-refractivity contribution < 1.29 is 28.5 Å². The molecule has 0 N–H and O–H groups in total. The molecule has 0 bridgehead atoms. The van der Waals surface area contributed by atoms with Crippen LogP contribution in [0.5, 0.6) is 23.0 Å². The van der Waals surface area contributed by atoms with Crippen molar-refractivity contribution in [1.29, 1.82) is 0 Å². The Morgan fingerprint density at radius 2 is 1.73 bits per heavy atom. The zero-order valence-corrected chi connectivity index (χ0v) is 17.2. The fourth-order valence-electron chi connectivity index (χ4n) is 3.66. The van der Waals surface area contributed by atoms with Gasteiger partial charge in [0.2, 0.25) is 6.79 Å². The first kappa shape index (κ1) is 20.3. The quantitative estimate of drug-likeness (QED) is 0.615. The summed E-state index contributed by atoms with van der Waals surface area (Å²) in [5, 5.41) is 0. The molecule has 1 fully saturated rings. The predicted molar refractivity (Wildman–Crippen MR) is 111 cm³/mol. The first-order chi connectivity index (χ1) is 14.7. The Labute approximate surface area is 176 Å². The molecule has 2 aromatic rings. The smallest absolute Gasteiger partial charge is 0.337 e.